The van der Waals surface area contributed by atoms with Gasteiger partial charge in [-0.3, -0.25) is 19.3 Å². The summed E-state index contributed by atoms with van der Waals surface area (Å²) in [6, 6.07) is 3.62. The number of nitrogens with one attached hydrogen (secondary N) is 1. The van der Waals surface area contributed by atoms with Crippen molar-refractivity contribution in [3.63, 3.8) is 0 Å². The number of hydrogen-bond donors (Lipinski definition) is 3. The zero-order chi connectivity index (χ0) is 21.7. The molecule has 0 aliphatic heterocycles. The van der Waals surface area contributed by atoms with E-state index >= 15 is 0 Å². The largest absolute Gasteiger partial charge is 0.395 e. The van der Waals surface area contributed by atoms with E-state index in [1.165, 1.54) is 12.1 Å². The van der Waals surface area contributed by atoms with Crippen LogP contribution in [0.2, 0.25) is 5.02 Å². The average Bonchev–Trinajstić information content (AvgIpc) is 3.03. The fourth-order valence-corrected chi connectivity index (χ4v) is 3.31. The zero-order valence-electron chi connectivity index (χ0n) is 15.9. The van der Waals surface area contributed by atoms with Crippen LogP contribution in [0.5, 0.6) is 0 Å². The molecule has 0 aliphatic carbocycles. The molecule has 1 aromatic heterocycles. The summed E-state index contributed by atoms with van der Waals surface area (Å²) in [5, 5.41) is 2.51. The van der Waals surface area contributed by atoms with Gasteiger partial charge in [0, 0.05) is 12.2 Å². The summed E-state index contributed by atoms with van der Waals surface area (Å²) in [6.45, 7) is 4.12. The fourth-order valence-electron chi connectivity index (χ4n) is 2.38. The maximum atomic E-state index is 13.6. The lowest BCUT2D eigenvalue weighted by atomic mass is 10.1. The van der Waals surface area contributed by atoms with Crippen molar-refractivity contribution in [3.8, 4) is 0 Å². The van der Waals surface area contributed by atoms with E-state index in [9.17, 15) is 18.8 Å². The van der Waals surface area contributed by atoms with Gasteiger partial charge in [0.1, 0.15) is 17.2 Å². The molecule has 1 heterocycles. The van der Waals surface area contributed by atoms with Gasteiger partial charge in [-0.25, -0.2) is 4.39 Å². The number of nitrogen functional groups attached to an aromatic ring is 1. The van der Waals surface area contributed by atoms with E-state index in [1.807, 2.05) is 13.8 Å². The third kappa shape index (κ3) is 5.64. The van der Waals surface area contributed by atoms with Crippen LogP contribution in [0.4, 0.5) is 15.8 Å². The van der Waals surface area contributed by atoms with Gasteiger partial charge < -0.3 is 16.8 Å². The summed E-state index contributed by atoms with van der Waals surface area (Å²) in [4.78, 5) is 37.8. The normalized spacial score (nSPS) is 10.8. The molecule has 29 heavy (non-hydrogen) atoms. The van der Waals surface area contributed by atoms with E-state index in [2.05, 4.69) is 9.69 Å². The molecule has 0 fully saturated rings. The van der Waals surface area contributed by atoms with E-state index in [0.717, 1.165) is 17.4 Å². The number of halogens is 2. The molecule has 8 nitrogen and oxygen atoms in total. The number of anilines is 2. The van der Waals surface area contributed by atoms with Crippen molar-refractivity contribution in [3.05, 3.63) is 39.6 Å². The van der Waals surface area contributed by atoms with Crippen LogP contribution in [-0.2, 0) is 4.79 Å². The Hall–Kier alpha value is -2.72. The lowest BCUT2D eigenvalue weighted by Gasteiger charge is -2.22. The average molecular weight is 442 g/mol. The topological polar surface area (TPSA) is 131 Å². The van der Waals surface area contributed by atoms with Crippen LogP contribution in [0.3, 0.4) is 0 Å². The monoisotopic (exact) mass is 441 g/mol. The van der Waals surface area contributed by atoms with Gasteiger partial charge in [0.15, 0.2) is 5.69 Å². The van der Waals surface area contributed by atoms with E-state index in [0.29, 0.717) is 24.0 Å². The second-order valence-electron chi connectivity index (χ2n) is 6.66. The van der Waals surface area contributed by atoms with Gasteiger partial charge in [-0.1, -0.05) is 25.4 Å². The number of benzene rings is 1. The van der Waals surface area contributed by atoms with Gasteiger partial charge in [-0.2, -0.15) is 4.37 Å². The smallest absolute Gasteiger partial charge is 0.272 e. The molecule has 11 heteroatoms. The summed E-state index contributed by atoms with van der Waals surface area (Å²) in [5.41, 5.74) is 10.8. The van der Waals surface area contributed by atoms with Gasteiger partial charge in [0.05, 0.1) is 10.7 Å². The molecule has 0 radical (unpaired) electrons. The van der Waals surface area contributed by atoms with Crippen LogP contribution in [-0.4, -0.2) is 35.2 Å². The van der Waals surface area contributed by atoms with E-state index in [4.69, 9.17) is 23.1 Å². The Morgan fingerprint density at radius 3 is 2.59 bits per heavy atom. The SMILES string of the molecule is CC(C)CCNC(=O)CN(C(=O)c1snc(C(N)=O)c1N)c1ccc(F)c(Cl)c1. The van der Waals surface area contributed by atoms with Crippen molar-refractivity contribution in [1.29, 1.82) is 0 Å². The van der Waals surface area contributed by atoms with Crippen LogP contribution in [0.15, 0.2) is 18.2 Å². The molecular formula is C18H21ClFN5O3S. The first-order chi connectivity index (χ1) is 13.6. The molecule has 2 aromatic rings. The van der Waals surface area contributed by atoms with Crippen LogP contribution < -0.4 is 21.7 Å². The number of rotatable bonds is 8. The second-order valence-corrected chi connectivity index (χ2v) is 7.84. The highest BCUT2D eigenvalue weighted by molar-refractivity contribution is 7.09. The predicted octanol–water partition coefficient (Wildman–Crippen LogP) is 2.43. The highest BCUT2D eigenvalue weighted by atomic mass is 35.5. The molecule has 5 N–H and O–H groups in total. The van der Waals surface area contributed by atoms with Crippen LogP contribution >= 0.6 is 23.1 Å². The number of carbonyl (C=O) groups is 3. The lowest BCUT2D eigenvalue weighted by molar-refractivity contribution is -0.119. The number of nitrogens with two attached hydrogens (primary N) is 2. The molecule has 0 saturated heterocycles. The van der Waals surface area contributed by atoms with Crippen LogP contribution in [0.1, 0.15) is 40.4 Å². The number of amides is 3. The van der Waals surface area contributed by atoms with Gasteiger partial charge >= 0.3 is 0 Å². The quantitative estimate of drug-likeness (QED) is 0.578. The minimum atomic E-state index is -0.874. The summed E-state index contributed by atoms with van der Waals surface area (Å²) in [7, 11) is 0. The summed E-state index contributed by atoms with van der Waals surface area (Å²) in [5.74, 6) is -2.25. The molecule has 0 unspecified atom stereocenters. The Morgan fingerprint density at radius 2 is 2.03 bits per heavy atom. The molecule has 0 saturated carbocycles. The molecule has 0 spiro atoms. The predicted molar refractivity (Wildman–Crippen MR) is 111 cm³/mol. The summed E-state index contributed by atoms with van der Waals surface area (Å²) >= 11 is 6.52. The summed E-state index contributed by atoms with van der Waals surface area (Å²) in [6.07, 6.45) is 0.770. The third-order valence-corrected chi connectivity index (χ3v) is 5.10. The molecule has 1 aromatic carbocycles. The molecule has 0 bridgehead atoms. The fraction of sp³-hybridized carbons (Fsp3) is 0.333. The van der Waals surface area contributed by atoms with Crippen LogP contribution in [0.25, 0.3) is 0 Å². The van der Waals surface area contributed by atoms with Crippen LogP contribution in [0, 0.1) is 11.7 Å². The Labute approximate surface area is 176 Å². The van der Waals surface area contributed by atoms with Crippen molar-refractivity contribution in [2.24, 2.45) is 11.7 Å². The second kappa shape index (κ2) is 9.66. The molecule has 2 rings (SSSR count). The van der Waals surface area contributed by atoms with Crippen molar-refractivity contribution in [1.82, 2.24) is 9.69 Å². The molecular weight excluding hydrogens is 421 g/mol. The molecule has 156 valence electrons. The summed E-state index contributed by atoms with van der Waals surface area (Å²) < 4.78 is 17.4. The highest BCUT2D eigenvalue weighted by Gasteiger charge is 2.27. The van der Waals surface area contributed by atoms with Crippen molar-refractivity contribution >= 4 is 52.2 Å². The highest BCUT2D eigenvalue weighted by Crippen LogP contribution is 2.28. The number of hydrogen-bond acceptors (Lipinski definition) is 6. The Morgan fingerprint density at radius 1 is 1.34 bits per heavy atom. The molecule has 0 atom stereocenters. The van der Waals surface area contributed by atoms with Crippen molar-refractivity contribution < 1.29 is 18.8 Å². The van der Waals surface area contributed by atoms with Gasteiger partial charge in [0.25, 0.3) is 11.8 Å². The molecule has 3 amide bonds. The van der Waals surface area contributed by atoms with Gasteiger partial charge in [-0.15, -0.1) is 0 Å². The lowest BCUT2D eigenvalue weighted by Crippen LogP contribution is -2.41. The van der Waals surface area contributed by atoms with Crippen molar-refractivity contribution in [2.75, 3.05) is 23.7 Å². The number of nitrogens with zero attached hydrogens (tertiary/aromatic N) is 2. The first-order valence-electron chi connectivity index (χ1n) is 8.70. The minimum absolute atomic E-state index is 0.0609. The van der Waals surface area contributed by atoms with E-state index < -0.39 is 23.5 Å². The maximum Gasteiger partial charge on any atom is 0.272 e. The third-order valence-electron chi connectivity index (χ3n) is 3.96. The zero-order valence-corrected chi connectivity index (χ0v) is 17.4. The number of aromatic nitrogens is 1. The number of primary amides is 1. The number of carbonyl (C=O) groups excluding carboxylic acids is 3. The van der Waals surface area contributed by atoms with E-state index in [-0.39, 0.29) is 33.5 Å². The Balaban J connectivity index is 2.33. The van der Waals surface area contributed by atoms with E-state index in [1.54, 1.807) is 0 Å². The van der Waals surface area contributed by atoms with Gasteiger partial charge in [-0.05, 0) is 42.1 Å². The minimum Gasteiger partial charge on any atom is -0.395 e. The Bertz CT molecular complexity index is 934. The maximum absolute atomic E-state index is 13.6. The Kier molecular flexibility index (Phi) is 7.52. The first kappa shape index (κ1) is 22.6. The molecule has 0 aliphatic rings. The van der Waals surface area contributed by atoms with Gasteiger partial charge in [0.2, 0.25) is 5.91 Å². The first-order valence-corrected chi connectivity index (χ1v) is 9.85. The standard InChI is InChI=1S/C18H21ClFN5O3S/c1-9(2)5-6-23-13(26)8-25(10-3-4-12(20)11(19)7-10)18(28)16-14(21)15(17(22)27)24-29-16/h3-4,7,9H,5-6,8,21H2,1-2H3,(H2,22,27)(H,23,26). The van der Waals surface area contributed by atoms with Crippen molar-refractivity contribution in [2.45, 2.75) is 20.3 Å².